The molecule has 1 aliphatic carbocycles. The fraction of sp³-hybridized carbons (Fsp3) is 0.778. The zero-order chi connectivity index (χ0) is 11.8. The van der Waals surface area contributed by atoms with Crippen LogP contribution in [0.1, 0.15) is 19.3 Å². The third kappa shape index (κ3) is 2.94. The van der Waals surface area contributed by atoms with Gasteiger partial charge in [0.05, 0.1) is 11.5 Å². The Bertz CT molecular complexity index is 413. The zero-order valence-corrected chi connectivity index (χ0v) is 9.55. The molecule has 6 nitrogen and oxygen atoms in total. The number of sulfone groups is 1. The van der Waals surface area contributed by atoms with Crippen LogP contribution >= 0.6 is 0 Å². The second kappa shape index (κ2) is 4.04. The molecule has 0 aromatic carbocycles. The van der Waals surface area contributed by atoms with Gasteiger partial charge in [-0.3, -0.25) is 9.59 Å². The van der Waals surface area contributed by atoms with E-state index < -0.39 is 27.7 Å². The van der Waals surface area contributed by atoms with Crippen molar-refractivity contribution in [3.05, 3.63) is 0 Å². The van der Waals surface area contributed by atoms with Gasteiger partial charge in [-0.2, -0.15) is 0 Å². The molecule has 2 aliphatic rings. The SMILES string of the molecule is O=C(NC1CC1)C(=O)NC1CCS(=O)(=O)C1. The maximum atomic E-state index is 11.4. The van der Waals surface area contributed by atoms with E-state index in [2.05, 4.69) is 10.6 Å². The standard InChI is InChI=1S/C9H14N2O4S/c12-8(10-6-1-2-6)9(13)11-7-3-4-16(14,15)5-7/h6-7H,1-5H2,(H,10,12)(H,11,13). The van der Waals surface area contributed by atoms with E-state index in [9.17, 15) is 18.0 Å². The predicted octanol–water partition coefficient (Wildman–Crippen LogP) is -1.43. The number of carbonyl (C=O) groups excluding carboxylic acids is 2. The number of hydrogen-bond acceptors (Lipinski definition) is 4. The molecule has 1 heterocycles. The van der Waals surface area contributed by atoms with Crippen molar-refractivity contribution in [2.75, 3.05) is 11.5 Å². The fourth-order valence-corrected chi connectivity index (χ4v) is 3.31. The van der Waals surface area contributed by atoms with Gasteiger partial charge in [0.15, 0.2) is 9.84 Å². The van der Waals surface area contributed by atoms with E-state index in [0.717, 1.165) is 12.8 Å². The Balaban J connectivity index is 1.80. The first kappa shape index (κ1) is 11.4. The second-order valence-electron chi connectivity index (χ2n) is 4.32. The van der Waals surface area contributed by atoms with Crippen LogP contribution in [-0.2, 0) is 19.4 Å². The van der Waals surface area contributed by atoms with Gasteiger partial charge in [0.2, 0.25) is 0 Å². The highest BCUT2D eigenvalue weighted by Crippen LogP contribution is 2.18. The molecule has 2 rings (SSSR count). The molecule has 7 heteroatoms. The zero-order valence-electron chi connectivity index (χ0n) is 8.73. The Hall–Kier alpha value is -1.11. The van der Waals surface area contributed by atoms with Crippen molar-refractivity contribution in [1.29, 1.82) is 0 Å². The van der Waals surface area contributed by atoms with Gasteiger partial charge in [-0.05, 0) is 19.3 Å². The Kier molecular flexibility index (Phi) is 2.88. The molecule has 90 valence electrons. The summed E-state index contributed by atoms with van der Waals surface area (Å²) < 4.78 is 22.3. The Labute approximate surface area is 93.7 Å². The summed E-state index contributed by atoms with van der Waals surface area (Å²) in [6.45, 7) is 0. The molecule has 1 saturated heterocycles. The van der Waals surface area contributed by atoms with Gasteiger partial charge in [-0.1, -0.05) is 0 Å². The number of nitrogens with one attached hydrogen (secondary N) is 2. The van der Waals surface area contributed by atoms with E-state index in [1.54, 1.807) is 0 Å². The topological polar surface area (TPSA) is 92.3 Å². The molecular formula is C9H14N2O4S. The number of carbonyl (C=O) groups is 2. The lowest BCUT2D eigenvalue weighted by Crippen LogP contribution is -2.45. The minimum absolute atomic E-state index is 0.0601. The van der Waals surface area contributed by atoms with Crippen LogP contribution in [0, 0.1) is 0 Å². The average Bonchev–Trinajstić information content (AvgIpc) is 2.92. The molecule has 2 N–H and O–H groups in total. The lowest BCUT2D eigenvalue weighted by atomic mass is 10.2. The molecular weight excluding hydrogens is 232 g/mol. The minimum Gasteiger partial charge on any atom is -0.345 e. The van der Waals surface area contributed by atoms with Gasteiger partial charge in [0, 0.05) is 12.1 Å². The van der Waals surface area contributed by atoms with Crippen LogP contribution in [0.25, 0.3) is 0 Å². The highest BCUT2D eigenvalue weighted by Gasteiger charge is 2.32. The second-order valence-corrected chi connectivity index (χ2v) is 6.55. The number of rotatable bonds is 2. The molecule has 1 aliphatic heterocycles. The molecule has 0 spiro atoms. The average molecular weight is 246 g/mol. The molecule has 2 fully saturated rings. The quantitative estimate of drug-likeness (QED) is 0.584. The molecule has 0 radical (unpaired) electrons. The molecule has 0 aromatic rings. The summed E-state index contributed by atoms with van der Waals surface area (Å²) in [6, 6.07) is -0.284. The third-order valence-corrected chi connectivity index (χ3v) is 4.45. The van der Waals surface area contributed by atoms with Crippen LogP contribution in [-0.4, -0.2) is 43.8 Å². The fourth-order valence-electron chi connectivity index (χ4n) is 1.64. The maximum Gasteiger partial charge on any atom is 0.309 e. The summed E-state index contributed by atoms with van der Waals surface area (Å²) in [5.74, 6) is -1.36. The lowest BCUT2D eigenvalue weighted by Gasteiger charge is -2.10. The van der Waals surface area contributed by atoms with Gasteiger partial charge >= 0.3 is 11.8 Å². The number of amides is 2. The van der Waals surface area contributed by atoms with E-state index in [1.807, 2.05) is 0 Å². The van der Waals surface area contributed by atoms with E-state index in [4.69, 9.17) is 0 Å². The van der Waals surface area contributed by atoms with E-state index >= 15 is 0 Å². The van der Waals surface area contributed by atoms with Gasteiger partial charge in [-0.25, -0.2) is 8.42 Å². The molecule has 2 amide bonds. The molecule has 0 aromatic heterocycles. The summed E-state index contributed by atoms with van der Waals surface area (Å²) in [7, 11) is -3.02. The van der Waals surface area contributed by atoms with E-state index in [0.29, 0.717) is 6.42 Å². The van der Waals surface area contributed by atoms with Gasteiger partial charge in [0.1, 0.15) is 0 Å². The van der Waals surface area contributed by atoms with Crippen LogP contribution in [0.5, 0.6) is 0 Å². The van der Waals surface area contributed by atoms with Gasteiger partial charge < -0.3 is 10.6 Å². The summed E-state index contributed by atoms with van der Waals surface area (Å²) in [4.78, 5) is 22.6. The molecule has 16 heavy (non-hydrogen) atoms. The minimum atomic E-state index is -3.02. The Morgan fingerprint density at radius 3 is 1.94 bits per heavy atom. The molecule has 1 atom stereocenters. The number of hydrogen-bond donors (Lipinski definition) is 2. The predicted molar refractivity (Wildman–Crippen MR) is 56.4 cm³/mol. The van der Waals surface area contributed by atoms with Crippen molar-refractivity contribution in [1.82, 2.24) is 10.6 Å². The van der Waals surface area contributed by atoms with Crippen molar-refractivity contribution >= 4 is 21.7 Å². The maximum absolute atomic E-state index is 11.4. The van der Waals surface area contributed by atoms with E-state index in [1.165, 1.54) is 0 Å². The highest BCUT2D eigenvalue weighted by molar-refractivity contribution is 7.91. The normalized spacial score (nSPS) is 27.4. The molecule has 1 unspecified atom stereocenters. The summed E-state index contributed by atoms with van der Waals surface area (Å²) in [6.07, 6.45) is 2.22. The van der Waals surface area contributed by atoms with Gasteiger partial charge in [0.25, 0.3) is 0 Å². The Morgan fingerprint density at radius 1 is 0.938 bits per heavy atom. The first-order chi connectivity index (χ1) is 7.46. The van der Waals surface area contributed by atoms with Gasteiger partial charge in [-0.15, -0.1) is 0 Å². The van der Waals surface area contributed by atoms with Crippen molar-refractivity contribution in [3.63, 3.8) is 0 Å². The molecule has 0 bridgehead atoms. The van der Waals surface area contributed by atoms with Crippen LogP contribution in [0.2, 0.25) is 0 Å². The summed E-state index contributed by atoms with van der Waals surface area (Å²) in [5, 5.41) is 4.99. The van der Waals surface area contributed by atoms with E-state index in [-0.39, 0.29) is 17.5 Å². The van der Waals surface area contributed by atoms with Crippen LogP contribution in [0.15, 0.2) is 0 Å². The smallest absolute Gasteiger partial charge is 0.309 e. The van der Waals surface area contributed by atoms with Crippen molar-refractivity contribution in [3.8, 4) is 0 Å². The summed E-state index contributed by atoms with van der Waals surface area (Å²) >= 11 is 0. The largest absolute Gasteiger partial charge is 0.345 e. The van der Waals surface area contributed by atoms with Crippen molar-refractivity contribution in [2.45, 2.75) is 31.3 Å². The first-order valence-electron chi connectivity index (χ1n) is 5.28. The molecule has 1 saturated carbocycles. The first-order valence-corrected chi connectivity index (χ1v) is 7.10. The lowest BCUT2D eigenvalue weighted by molar-refractivity contribution is -0.139. The van der Waals surface area contributed by atoms with Crippen molar-refractivity contribution in [2.24, 2.45) is 0 Å². The monoisotopic (exact) mass is 246 g/mol. The highest BCUT2D eigenvalue weighted by atomic mass is 32.2. The third-order valence-electron chi connectivity index (χ3n) is 2.69. The van der Waals surface area contributed by atoms with Crippen molar-refractivity contribution < 1.29 is 18.0 Å². The van der Waals surface area contributed by atoms with Crippen LogP contribution < -0.4 is 10.6 Å². The van der Waals surface area contributed by atoms with Crippen LogP contribution in [0.4, 0.5) is 0 Å². The van der Waals surface area contributed by atoms with Crippen LogP contribution in [0.3, 0.4) is 0 Å². The Morgan fingerprint density at radius 2 is 1.50 bits per heavy atom. The summed E-state index contributed by atoms with van der Waals surface area (Å²) in [5.41, 5.74) is 0.